The predicted octanol–water partition coefficient (Wildman–Crippen LogP) is 7.71. The molecule has 47 heavy (non-hydrogen) atoms. The molecule has 0 amide bonds. The summed E-state index contributed by atoms with van der Waals surface area (Å²) in [5.41, 5.74) is 5.92. The fourth-order valence-corrected chi connectivity index (χ4v) is 6.57. The maximum Gasteiger partial charge on any atom is 0.197 e. The van der Waals surface area contributed by atoms with Gasteiger partial charge in [-0.05, 0) is 53.5 Å². The molecule has 2 aliphatic rings. The van der Waals surface area contributed by atoms with Gasteiger partial charge < -0.3 is 23.6 Å². The number of hydrogen-bond donors (Lipinski definition) is 0. The first-order valence-electron chi connectivity index (χ1n) is 15.5. The van der Waals surface area contributed by atoms with Gasteiger partial charge in [-0.15, -0.1) is 0 Å². The smallest absolute Gasteiger partial charge is 0.197 e. The lowest BCUT2D eigenvalue weighted by atomic mass is 9.86. The Hall–Kier alpha value is -5.47. The molecule has 1 unspecified atom stereocenters. The molecule has 8 heteroatoms. The van der Waals surface area contributed by atoms with E-state index in [9.17, 15) is 14.0 Å². The fraction of sp³-hybridized carbons (Fsp3) is 0.179. The molecule has 0 spiro atoms. The van der Waals surface area contributed by atoms with Crippen molar-refractivity contribution < 1.29 is 23.1 Å². The van der Waals surface area contributed by atoms with Gasteiger partial charge in [0.05, 0.1) is 25.7 Å². The van der Waals surface area contributed by atoms with Crippen molar-refractivity contribution in [3.05, 3.63) is 142 Å². The van der Waals surface area contributed by atoms with Crippen LogP contribution in [0.3, 0.4) is 0 Å². The molecule has 0 bridgehead atoms. The van der Waals surface area contributed by atoms with E-state index in [0.717, 1.165) is 40.9 Å². The van der Waals surface area contributed by atoms with E-state index >= 15 is 0 Å². The number of ether oxygens (including phenoxy) is 2. The Morgan fingerprint density at radius 1 is 0.936 bits per heavy atom. The number of methoxy groups -OCH3 is 2. The van der Waals surface area contributed by atoms with Crippen LogP contribution in [0.15, 0.2) is 112 Å². The molecule has 7 rings (SSSR count). The molecule has 4 aromatic carbocycles. The first-order valence-corrected chi connectivity index (χ1v) is 15.5. The molecule has 0 saturated heterocycles. The third-order valence-corrected chi connectivity index (χ3v) is 8.89. The number of allylic oxidation sites excluding steroid dienone is 1. The quantitative estimate of drug-likeness (QED) is 0.163. The Bertz CT molecular complexity index is 2090. The van der Waals surface area contributed by atoms with Crippen molar-refractivity contribution in [3.63, 3.8) is 0 Å². The van der Waals surface area contributed by atoms with Gasteiger partial charge in [-0.3, -0.25) is 9.69 Å². The van der Waals surface area contributed by atoms with Crippen LogP contribution in [-0.4, -0.2) is 38.5 Å². The summed E-state index contributed by atoms with van der Waals surface area (Å²) in [5, 5.41) is 0.307. The highest BCUT2D eigenvalue weighted by atomic mass is 19.1. The summed E-state index contributed by atoms with van der Waals surface area (Å²) >= 11 is 0. The minimum absolute atomic E-state index is 0.255. The molecule has 0 aliphatic carbocycles. The number of aldehydes is 1. The van der Waals surface area contributed by atoms with Gasteiger partial charge in [-0.25, -0.2) is 4.39 Å². The van der Waals surface area contributed by atoms with E-state index in [-0.39, 0.29) is 11.2 Å². The molecule has 1 atom stereocenters. The third kappa shape index (κ3) is 5.61. The van der Waals surface area contributed by atoms with Gasteiger partial charge in [-0.1, -0.05) is 54.6 Å². The van der Waals surface area contributed by atoms with Crippen LogP contribution >= 0.6 is 0 Å². The van der Waals surface area contributed by atoms with Gasteiger partial charge >= 0.3 is 0 Å². The Kier molecular flexibility index (Phi) is 8.18. The van der Waals surface area contributed by atoms with E-state index in [0.29, 0.717) is 58.9 Å². The van der Waals surface area contributed by atoms with Crippen molar-refractivity contribution in [1.82, 2.24) is 4.90 Å². The lowest BCUT2D eigenvalue weighted by molar-refractivity contribution is -0.108. The van der Waals surface area contributed by atoms with Crippen LogP contribution in [-0.2, 0) is 11.3 Å². The van der Waals surface area contributed by atoms with Crippen LogP contribution in [0.1, 0.15) is 34.8 Å². The lowest BCUT2D eigenvalue weighted by Gasteiger charge is -2.32. The largest absolute Gasteiger partial charge is 0.496 e. The van der Waals surface area contributed by atoms with Crippen LogP contribution in [0.5, 0.6) is 11.5 Å². The lowest BCUT2D eigenvalue weighted by Crippen LogP contribution is -2.28. The first kappa shape index (κ1) is 30.2. The summed E-state index contributed by atoms with van der Waals surface area (Å²) in [4.78, 5) is 31.0. The summed E-state index contributed by atoms with van der Waals surface area (Å²) in [6.45, 7) is 2.07. The third-order valence-electron chi connectivity index (χ3n) is 8.89. The molecular weight excluding hydrogens is 595 g/mol. The van der Waals surface area contributed by atoms with Crippen LogP contribution in [0.4, 0.5) is 15.8 Å². The van der Waals surface area contributed by atoms with Crippen molar-refractivity contribution in [3.8, 4) is 11.5 Å². The Balaban J connectivity index is 1.36. The average Bonchev–Trinajstić information content (AvgIpc) is 3.11. The summed E-state index contributed by atoms with van der Waals surface area (Å²) < 4.78 is 31.7. The number of nitrogens with zero attached hydrogens (tertiary/aromatic N) is 2. The zero-order chi connectivity index (χ0) is 32.5. The predicted molar refractivity (Wildman–Crippen MR) is 182 cm³/mol. The van der Waals surface area contributed by atoms with E-state index in [1.165, 1.54) is 25.3 Å². The molecule has 0 saturated carbocycles. The Morgan fingerprint density at radius 3 is 2.38 bits per heavy atom. The highest BCUT2D eigenvalue weighted by Gasteiger charge is 2.31. The molecular formula is C39H33FN2O5. The molecule has 7 nitrogen and oxygen atoms in total. The van der Waals surface area contributed by atoms with E-state index in [4.69, 9.17) is 13.9 Å². The molecule has 236 valence electrons. The van der Waals surface area contributed by atoms with E-state index < -0.39 is 5.92 Å². The topological polar surface area (TPSA) is 72.2 Å². The van der Waals surface area contributed by atoms with Gasteiger partial charge in [0.25, 0.3) is 0 Å². The average molecular weight is 629 g/mol. The van der Waals surface area contributed by atoms with Crippen LogP contribution in [0.2, 0.25) is 0 Å². The minimum atomic E-state index is -0.656. The summed E-state index contributed by atoms with van der Waals surface area (Å²) in [5.74, 6) is 0.247. The van der Waals surface area contributed by atoms with Crippen molar-refractivity contribution in [2.24, 2.45) is 0 Å². The highest BCUT2D eigenvalue weighted by molar-refractivity contribution is 5.99. The summed E-state index contributed by atoms with van der Waals surface area (Å²) in [6.07, 6.45) is 5.56. The van der Waals surface area contributed by atoms with Gasteiger partial charge in [0.15, 0.2) is 11.0 Å². The Morgan fingerprint density at radius 2 is 1.68 bits per heavy atom. The van der Waals surface area contributed by atoms with Gasteiger partial charge in [0.2, 0.25) is 0 Å². The maximum absolute atomic E-state index is 14.0. The van der Waals surface area contributed by atoms with Crippen LogP contribution in [0.25, 0.3) is 22.1 Å². The number of para-hydroxylation sites is 2. The van der Waals surface area contributed by atoms with Crippen LogP contribution < -0.4 is 19.8 Å². The van der Waals surface area contributed by atoms with Gasteiger partial charge in [0, 0.05) is 54.9 Å². The molecule has 2 aliphatic heterocycles. The second-order valence-corrected chi connectivity index (χ2v) is 11.6. The zero-order valence-electron chi connectivity index (χ0n) is 26.1. The number of carbonyl (C=O) groups is 1. The van der Waals surface area contributed by atoms with E-state index in [1.54, 1.807) is 25.3 Å². The van der Waals surface area contributed by atoms with Crippen molar-refractivity contribution in [1.29, 1.82) is 0 Å². The molecule has 5 aromatic rings. The number of benzene rings is 4. The van der Waals surface area contributed by atoms with E-state index in [2.05, 4.69) is 11.0 Å². The number of halogens is 1. The number of carbonyl (C=O) groups excluding carboxylic acids is 1. The SMILES string of the molecule is COc1cc(OC)c2c(=O)cc(C3=CN(c4ccccc4)c4ccccc4C3C=O)oc2c1C1=CCN(Cc2ccc(F)cc2)CC1. The molecule has 1 aromatic heterocycles. The van der Waals surface area contributed by atoms with Crippen molar-refractivity contribution in [2.45, 2.75) is 18.9 Å². The van der Waals surface area contributed by atoms with Gasteiger partial charge in [0.1, 0.15) is 34.7 Å². The van der Waals surface area contributed by atoms with E-state index in [1.807, 2.05) is 65.7 Å². The number of hydrogen-bond acceptors (Lipinski definition) is 7. The number of fused-ring (bicyclic) bond motifs is 2. The zero-order valence-corrected chi connectivity index (χ0v) is 26.1. The number of anilines is 2. The maximum atomic E-state index is 14.0. The fourth-order valence-electron chi connectivity index (χ4n) is 6.57. The van der Waals surface area contributed by atoms with Crippen molar-refractivity contribution in [2.75, 3.05) is 32.2 Å². The van der Waals surface area contributed by atoms with Crippen LogP contribution in [0, 0.1) is 5.82 Å². The minimum Gasteiger partial charge on any atom is -0.496 e. The molecule has 0 N–H and O–H groups in total. The highest BCUT2D eigenvalue weighted by Crippen LogP contribution is 2.46. The molecule has 3 heterocycles. The Labute approximate surface area is 271 Å². The molecule has 0 fully saturated rings. The normalized spacial score (nSPS) is 16.3. The summed E-state index contributed by atoms with van der Waals surface area (Å²) in [7, 11) is 3.09. The van der Waals surface area contributed by atoms with Gasteiger partial charge in [-0.2, -0.15) is 0 Å². The standard InChI is InChI=1S/C39H33FN2O5/c1-45-35-21-36(46-2)38-33(44)20-34(30-23-42(28-8-4-3-5-9-28)32-11-7-6-10-29(32)31(30)24-43)47-39(38)37(35)26-16-18-41(19-17-26)22-25-12-14-27(40)15-13-25/h3-16,20-21,23-24,31H,17-19,22H2,1-2H3. The second kappa shape index (κ2) is 12.7. The second-order valence-electron chi connectivity index (χ2n) is 11.6. The first-order chi connectivity index (χ1) is 23.0. The monoisotopic (exact) mass is 628 g/mol. The van der Waals surface area contributed by atoms with Crippen molar-refractivity contribution >= 4 is 39.8 Å². The molecule has 0 radical (unpaired) electrons. The number of rotatable bonds is 8. The summed E-state index contributed by atoms with van der Waals surface area (Å²) in [6, 6.07) is 27.3.